The second-order valence-corrected chi connectivity index (χ2v) is 4.05. The Balaban J connectivity index is 2.24. The third-order valence-corrected chi connectivity index (χ3v) is 2.71. The van der Waals surface area contributed by atoms with Gasteiger partial charge in [0.1, 0.15) is 0 Å². The SMILES string of the molecule is CCCC(CN)NC(=O)C1CC1C. The Kier molecular flexibility index (Phi) is 3.72. The Hall–Kier alpha value is -0.570. The van der Waals surface area contributed by atoms with E-state index < -0.39 is 0 Å². The summed E-state index contributed by atoms with van der Waals surface area (Å²) in [6.07, 6.45) is 3.11. The molecule has 1 aliphatic carbocycles. The van der Waals surface area contributed by atoms with Gasteiger partial charge in [0.25, 0.3) is 0 Å². The Morgan fingerprint density at radius 1 is 1.69 bits per heavy atom. The summed E-state index contributed by atoms with van der Waals surface area (Å²) >= 11 is 0. The van der Waals surface area contributed by atoms with E-state index in [1.165, 1.54) is 0 Å². The first-order valence-electron chi connectivity index (χ1n) is 5.19. The van der Waals surface area contributed by atoms with Gasteiger partial charge in [-0.15, -0.1) is 0 Å². The third kappa shape index (κ3) is 2.99. The molecule has 1 rings (SSSR count). The Morgan fingerprint density at radius 2 is 2.31 bits per heavy atom. The fourth-order valence-electron chi connectivity index (χ4n) is 1.59. The smallest absolute Gasteiger partial charge is 0.223 e. The van der Waals surface area contributed by atoms with Crippen molar-refractivity contribution >= 4 is 5.91 Å². The van der Waals surface area contributed by atoms with E-state index in [4.69, 9.17) is 5.73 Å². The minimum Gasteiger partial charge on any atom is -0.352 e. The molecule has 13 heavy (non-hydrogen) atoms. The maximum Gasteiger partial charge on any atom is 0.223 e. The van der Waals surface area contributed by atoms with Crippen LogP contribution in [0.15, 0.2) is 0 Å². The zero-order valence-corrected chi connectivity index (χ0v) is 8.55. The van der Waals surface area contributed by atoms with Crippen LogP contribution in [-0.2, 0) is 4.79 Å². The average Bonchev–Trinajstić information content (AvgIpc) is 2.82. The van der Waals surface area contributed by atoms with Crippen LogP contribution in [0.1, 0.15) is 33.1 Å². The average molecular weight is 184 g/mol. The minimum atomic E-state index is 0.185. The predicted octanol–water partition coefficient (Wildman–Crippen LogP) is 0.886. The van der Waals surface area contributed by atoms with Crippen LogP contribution >= 0.6 is 0 Å². The van der Waals surface area contributed by atoms with Crippen LogP contribution in [0, 0.1) is 11.8 Å². The number of rotatable bonds is 5. The molecular formula is C10H20N2O. The highest BCUT2D eigenvalue weighted by atomic mass is 16.2. The molecule has 1 saturated carbocycles. The summed E-state index contributed by atoms with van der Waals surface area (Å²) < 4.78 is 0. The molecule has 0 aliphatic heterocycles. The van der Waals surface area contributed by atoms with Gasteiger partial charge in [-0.1, -0.05) is 20.3 Å². The Labute approximate surface area is 80.1 Å². The van der Waals surface area contributed by atoms with Crippen LogP contribution in [-0.4, -0.2) is 18.5 Å². The van der Waals surface area contributed by atoms with E-state index in [2.05, 4.69) is 19.2 Å². The van der Waals surface area contributed by atoms with E-state index in [0.717, 1.165) is 19.3 Å². The molecule has 0 bridgehead atoms. The highest BCUT2D eigenvalue weighted by Gasteiger charge is 2.39. The molecule has 1 aliphatic rings. The quantitative estimate of drug-likeness (QED) is 0.666. The summed E-state index contributed by atoms with van der Waals surface area (Å²) in [5, 5.41) is 3.00. The lowest BCUT2D eigenvalue weighted by molar-refractivity contribution is -0.123. The van der Waals surface area contributed by atoms with Gasteiger partial charge in [0, 0.05) is 18.5 Å². The van der Waals surface area contributed by atoms with Crippen molar-refractivity contribution in [2.75, 3.05) is 6.54 Å². The molecule has 1 fully saturated rings. The normalized spacial score (nSPS) is 28.2. The largest absolute Gasteiger partial charge is 0.352 e. The number of nitrogens with one attached hydrogen (secondary N) is 1. The first-order chi connectivity index (χ1) is 6.19. The first-order valence-corrected chi connectivity index (χ1v) is 5.19. The van der Waals surface area contributed by atoms with E-state index in [1.54, 1.807) is 0 Å². The maximum absolute atomic E-state index is 11.5. The monoisotopic (exact) mass is 184 g/mol. The summed E-state index contributed by atoms with van der Waals surface area (Å²) in [6.45, 7) is 4.77. The molecular weight excluding hydrogens is 164 g/mol. The van der Waals surface area contributed by atoms with Crippen molar-refractivity contribution in [1.29, 1.82) is 0 Å². The topological polar surface area (TPSA) is 55.1 Å². The van der Waals surface area contributed by atoms with Gasteiger partial charge >= 0.3 is 0 Å². The number of hydrogen-bond donors (Lipinski definition) is 2. The molecule has 3 nitrogen and oxygen atoms in total. The molecule has 0 heterocycles. The molecule has 3 atom stereocenters. The molecule has 0 aromatic rings. The van der Waals surface area contributed by atoms with E-state index in [9.17, 15) is 4.79 Å². The molecule has 3 N–H and O–H groups in total. The molecule has 0 aromatic carbocycles. The number of nitrogens with two attached hydrogens (primary N) is 1. The lowest BCUT2D eigenvalue weighted by Gasteiger charge is -2.15. The molecule has 3 heteroatoms. The van der Waals surface area contributed by atoms with Crippen LogP contribution in [0.25, 0.3) is 0 Å². The van der Waals surface area contributed by atoms with Gasteiger partial charge in [0.05, 0.1) is 0 Å². The van der Waals surface area contributed by atoms with Crippen LogP contribution in [0.2, 0.25) is 0 Å². The molecule has 0 saturated heterocycles. The van der Waals surface area contributed by atoms with Crippen LogP contribution in [0.4, 0.5) is 0 Å². The number of hydrogen-bond acceptors (Lipinski definition) is 2. The summed E-state index contributed by atoms with van der Waals surface area (Å²) in [7, 11) is 0. The van der Waals surface area contributed by atoms with Crippen molar-refractivity contribution in [1.82, 2.24) is 5.32 Å². The van der Waals surface area contributed by atoms with Crippen molar-refractivity contribution < 1.29 is 4.79 Å². The van der Waals surface area contributed by atoms with Crippen LogP contribution in [0.5, 0.6) is 0 Å². The fourth-order valence-corrected chi connectivity index (χ4v) is 1.59. The highest BCUT2D eigenvalue weighted by Crippen LogP contribution is 2.37. The maximum atomic E-state index is 11.5. The summed E-state index contributed by atoms with van der Waals surface area (Å²) in [5.74, 6) is 1.06. The van der Waals surface area contributed by atoms with Gasteiger partial charge in [-0.25, -0.2) is 0 Å². The lowest BCUT2D eigenvalue weighted by Crippen LogP contribution is -2.41. The van der Waals surface area contributed by atoms with Crippen molar-refractivity contribution in [3.8, 4) is 0 Å². The van der Waals surface area contributed by atoms with Crippen molar-refractivity contribution in [3.63, 3.8) is 0 Å². The van der Waals surface area contributed by atoms with Crippen molar-refractivity contribution in [2.24, 2.45) is 17.6 Å². The summed E-state index contributed by atoms with van der Waals surface area (Å²) in [6, 6.07) is 0.185. The van der Waals surface area contributed by atoms with Gasteiger partial charge in [0.2, 0.25) is 5.91 Å². The first kappa shape index (κ1) is 10.5. The second-order valence-electron chi connectivity index (χ2n) is 4.05. The van der Waals surface area contributed by atoms with Gasteiger partial charge < -0.3 is 11.1 Å². The molecule has 3 unspecified atom stereocenters. The fraction of sp³-hybridized carbons (Fsp3) is 0.900. The Morgan fingerprint density at radius 3 is 2.69 bits per heavy atom. The zero-order chi connectivity index (χ0) is 9.84. The minimum absolute atomic E-state index is 0.185. The molecule has 0 spiro atoms. The summed E-state index contributed by atoms with van der Waals surface area (Å²) in [5.41, 5.74) is 5.55. The van der Waals surface area contributed by atoms with Gasteiger partial charge in [0.15, 0.2) is 0 Å². The van der Waals surface area contributed by atoms with Gasteiger partial charge in [-0.05, 0) is 18.8 Å². The van der Waals surface area contributed by atoms with Crippen LogP contribution in [0.3, 0.4) is 0 Å². The second kappa shape index (κ2) is 4.61. The standard InChI is InChI=1S/C10H20N2O/c1-3-4-8(6-11)12-10(13)9-5-7(9)2/h7-9H,3-6,11H2,1-2H3,(H,12,13). The summed E-state index contributed by atoms with van der Waals surface area (Å²) in [4.78, 5) is 11.5. The number of carbonyl (C=O) groups is 1. The lowest BCUT2D eigenvalue weighted by atomic mass is 10.1. The van der Waals surface area contributed by atoms with Crippen LogP contribution < -0.4 is 11.1 Å². The molecule has 0 aromatic heterocycles. The van der Waals surface area contributed by atoms with Crippen molar-refractivity contribution in [3.05, 3.63) is 0 Å². The number of amides is 1. The molecule has 1 amide bonds. The van der Waals surface area contributed by atoms with Gasteiger partial charge in [-0.3, -0.25) is 4.79 Å². The highest BCUT2D eigenvalue weighted by molar-refractivity contribution is 5.81. The predicted molar refractivity (Wildman–Crippen MR) is 53.2 cm³/mol. The van der Waals surface area contributed by atoms with E-state index >= 15 is 0 Å². The number of carbonyl (C=O) groups excluding carboxylic acids is 1. The van der Waals surface area contributed by atoms with E-state index in [0.29, 0.717) is 12.5 Å². The third-order valence-electron chi connectivity index (χ3n) is 2.71. The van der Waals surface area contributed by atoms with E-state index in [1.807, 2.05) is 0 Å². The Bertz CT molecular complexity index is 182. The van der Waals surface area contributed by atoms with E-state index in [-0.39, 0.29) is 17.9 Å². The van der Waals surface area contributed by atoms with Gasteiger partial charge in [-0.2, -0.15) is 0 Å². The molecule has 0 radical (unpaired) electrons. The zero-order valence-electron chi connectivity index (χ0n) is 8.55. The van der Waals surface area contributed by atoms with Crippen molar-refractivity contribution in [2.45, 2.75) is 39.2 Å². The molecule has 76 valence electrons.